The highest BCUT2D eigenvalue weighted by molar-refractivity contribution is 5.93. The Morgan fingerprint density at radius 3 is 2.46 bits per heavy atom. The van der Waals surface area contributed by atoms with Crippen molar-refractivity contribution in [3.05, 3.63) is 23.9 Å². The quantitative estimate of drug-likeness (QED) is 0.730. The van der Waals surface area contributed by atoms with Crippen LogP contribution in [-0.2, 0) is 20.7 Å². The number of methoxy groups -OCH3 is 1. The first-order chi connectivity index (χ1) is 11.3. The Labute approximate surface area is 145 Å². The normalized spacial score (nSPS) is 12.5. The van der Waals surface area contributed by atoms with Crippen molar-refractivity contribution in [1.29, 1.82) is 0 Å². The first-order valence-electron chi connectivity index (χ1n) is 8.59. The average molecular weight is 334 g/mol. The lowest BCUT2D eigenvalue weighted by molar-refractivity contribution is -0.141. The molecule has 1 atom stereocenters. The van der Waals surface area contributed by atoms with Crippen molar-refractivity contribution in [3.63, 3.8) is 0 Å². The summed E-state index contributed by atoms with van der Waals surface area (Å²) >= 11 is 0. The fourth-order valence-electron chi connectivity index (χ4n) is 2.40. The number of carbonyl (C=O) groups is 2. The maximum atomic E-state index is 11.9. The van der Waals surface area contributed by atoms with Crippen LogP contribution in [0.15, 0.2) is 18.3 Å². The van der Waals surface area contributed by atoms with Gasteiger partial charge in [0.1, 0.15) is 5.82 Å². The summed E-state index contributed by atoms with van der Waals surface area (Å²) in [5, 5.41) is 2.82. The molecule has 1 heterocycles. The molecule has 0 fully saturated rings. The molecule has 0 saturated heterocycles. The Hall–Kier alpha value is -1.91. The van der Waals surface area contributed by atoms with Gasteiger partial charge in [-0.1, -0.05) is 46.6 Å². The van der Waals surface area contributed by atoms with E-state index in [4.69, 9.17) is 4.74 Å². The third kappa shape index (κ3) is 7.11. The molecule has 1 aromatic heterocycles. The molecule has 0 aromatic carbocycles. The predicted molar refractivity (Wildman–Crippen MR) is 95.7 cm³/mol. The topological polar surface area (TPSA) is 68.3 Å². The lowest BCUT2D eigenvalue weighted by Crippen LogP contribution is -2.27. The smallest absolute Gasteiger partial charge is 0.305 e. The Morgan fingerprint density at radius 1 is 1.25 bits per heavy atom. The molecule has 1 rings (SSSR count). The van der Waals surface area contributed by atoms with Crippen LogP contribution in [0.1, 0.15) is 58.9 Å². The number of anilines is 1. The second-order valence-corrected chi connectivity index (χ2v) is 7.23. The van der Waals surface area contributed by atoms with E-state index in [0.717, 1.165) is 31.2 Å². The second-order valence-electron chi connectivity index (χ2n) is 7.23. The molecule has 1 unspecified atom stereocenters. The van der Waals surface area contributed by atoms with Crippen LogP contribution in [0.2, 0.25) is 0 Å². The molecule has 1 aromatic rings. The fourth-order valence-corrected chi connectivity index (χ4v) is 2.40. The zero-order valence-corrected chi connectivity index (χ0v) is 15.5. The summed E-state index contributed by atoms with van der Waals surface area (Å²) in [4.78, 5) is 27.7. The molecule has 0 saturated carbocycles. The number of hydrogen-bond donors (Lipinski definition) is 1. The van der Waals surface area contributed by atoms with Gasteiger partial charge < -0.3 is 10.1 Å². The van der Waals surface area contributed by atoms with Gasteiger partial charge in [-0.25, -0.2) is 4.98 Å². The summed E-state index contributed by atoms with van der Waals surface area (Å²) in [5.74, 6) is 0.705. The van der Waals surface area contributed by atoms with E-state index in [1.54, 1.807) is 6.20 Å². The number of nitrogens with zero attached hydrogens (tertiary/aromatic N) is 1. The largest absolute Gasteiger partial charge is 0.469 e. The van der Waals surface area contributed by atoms with Gasteiger partial charge in [0.15, 0.2) is 0 Å². The molecular weight excluding hydrogens is 304 g/mol. The van der Waals surface area contributed by atoms with Gasteiger partial charge in [-0.2, -0.15) is 0 Å². The maximum absolute atomic E-state index is 11.9. The molecule has 0 radical (unpaired) electrons. The van der Waals surface area contributed by atoms with Crippen LogP contribution >= 0.6 is 0 Å². The molecule has 0 aliphatic rings. The van der Waals surface area contributed by atoms with Gasteiger partial charge in [-0.3, -0.25) is 9.59 Å². The van der Waals surface area contributed by atoms with Crippen LogP contribution < -0.4 is 5.32 Å². The number of aryl methyl sites for hydroxylation is 1. The van der Waals surface area contributed by atoms with Gasteiger partial charge in [0.25, 0.3) is 0 Å². The monoisotopic (exact) mass is 334 g/mol. The maximum Gasteiger partial charge on any atom is 0.305 e. The van der Waals surface area contributed by atoms with Crippen molar-refractivity contribution in [1.82, 2.24) is 4.98 Å². The van der Waals surface area contributed by atoms with E-state index in [1.165, 1.54) is 7.11 Å². The summed E-state index contributed by atoms with van der Waals surface area (Å²) in [5.41, 5.74) is 0.663. The number of amides is 1. The Kier molecular flexibility index (Phi) is 7.89. The van der Waals surface area contributed by atoms with Crippen molar-refractivity contribution in [2.75, 3.05) is 12.4 Å². The van der Waals surface area contributed by atoms with E-state index in [1.807, 2.05) is 32.9 Å². The Balaban J connectivity index is 2.56. The van der Waals surface area contributed by atoms with Crippen LogP contribution in [-0.4, -0.2) is 24.0 Å². The van der Waals surface area contributed by atoms with Gasteiger partial charge in [0.05, 0.1) is 7.11 Å². The average Bonchev–Trinajstić information content (AvgIpc) is 2.53. The van der Waals surface area contributed by atoms with Gasteiger partial charge in [0, 0.05) is 18.0 Å². The first kappa shape index (κ1) is 20.1. The van der Waals surface area contributed by atoms with E-state index < -0.39 is 5.41 Å². The highest BCUT2D eigenvalue weighted by Gasteiger charge is 2.21. The van der Waals surface area contributed by atoms with Crippen molar-refractivity contribution in [3.8, 4) is 0 Å². The molecule has 5 heteroatoms. The molecule has 24 heavy (non-hydrogen) atoms. The fraction of sp³-hybridized carbons (Fsp3) is 0.632. The minimum atomic E-state index is -0.443. The van der Waals surface area contributed by atoms with Crippen LogP contribution in [0.25, 0.3) is 0 Å². The minimum absolute atomic E-state index is 0.0520. The lowest BCUT2D eigenvalue weighted by Gasteiger charge is -2.17. The number of nitrogens with one attached hydrogen (secondary N) is 1. The summed E-state index contributed by atoms with van der Waals surface area (Å²) < 4.78 is 4.77. The summed E-state index contributed by atoms with van der Waals surface area (Å²) in [7, 11) is 1.43. The molecular formula is C19H30N2O3. The molecule has 5 nitrogen and oxygen atoms in total. The van der Waals surface area contributed by atoms with Crippen molar-refractivity contribution in [2.24, 2.45) is 11.3 Å². The van der Waals surface area contributed by atoms with Gasteiger partial charge in [-0.15, -0.1) is 0 Å². The number of pyridine rings is 1. The first-order valence-corrected chi connectivity index (χ1v) is 8.59. The molecule has 0 aliphatic carbocycles. The van der Waals surface area contributed by atoms with Crippen molar-refractivity contribution in [2.45, 2.75) is 59.8 Å². The highest BCUT2D eigenvalue weighted by Crippen LogP contribution is 2.20. The van der Waals surface area contributed by atoms with E-state index >= 15 is 0 Å². The van der Waals surface area contributed by atoms with Gasteiger partial charge in [-0.05, 0) is 30.4 Å². The Bertz CT molecular complexity index is 533. The zero-order chi connectivity index (χ0) is 18.2. The van der Waals surface area contributed by atoms with Crippen molar-refractivity contribution >= 4 is 17.7 Å². The molecule has 0 spiro atoms. The number of rotatable bonds is 8. The number of ether oxygens (including phenoxy) is 1. The van der Waals surface area contributed by atoms with Gasteiger partial charge >= 0.3 is 5.97 Å². The van der Waals surface area contributed by atoms with E-state index in [2.05, 4.69) is 17.2 Å². The SMILES string of the molecule is CCCC(CCc1ccc(NC(=O)C(C)(C)C)nc1)CC(=O)OC. The molecule has 0 bridgehead atoms. The third-order valence-electron chi connectivity index (χ3n) is 3.97. The van der Waals surface area contributed by atoms with E-state index in [-0.39, 0.29) is 11.9 Å². The summed E-state index contributed by atoms with van der Waals surface area (Å²) in [6.07, 6.45) is 6.12. The molecule has 1 amide bonds. The minimum Gasteiger partial charge on any atom is -0.469 e. The number of carbonyl (C=O) groups excluding carboxylic acids is 2. The molecule has 0 aliphatic heterocycles. The van der Waals surface area contributed by atoms with Crippen LogP contribution in [0.4, 0.5) is 5.82 Å². The molecule has 134 valence electrons. The summed E-state index contributed by atoms with van der Waals surface area (Å²) in [6, 6.07) is 3.81. The predicted octanol–water partition coefficient (Wildman–Crippen LogP) is 3.98. The number of hydrogen-bond acceptors (Lipinski definition) is 4. The van der Waals surface area contributed by atoms with Crippen LogP contribution in [0, 0.1) is 11.3 Å². The van der Waals surface area contributed by atoms with Crippen LogP contribution in [0.5, 0.6) is 0 Å². The summed E-state index contributed by atoms with van der Waals surface area (Å²) in [6.45, 7) is 7.72. The molecule has 1 N–H and O–H groups in total. The van der Waals surface area contributed by atoms with Crippen molar-refractivity contribution < 1.29 is 14.3 Å². The number of aromatic nitrogens is 1. The van der Waals surface area contributed by atoms with Crippen LogP contribution in [0.3, 0.4) is 0 Å². The van der Waals surface area contributed by atoms with Gasteiger partial charge in [0.2, 0.25) is 5.91 Å². The standard InChI is InChI=1S/C19H30N2O3/c1-6-7-14(12-17(22)24-5)8-9-15-10-11-16(20-13-15)21-18(23)19(2,3)4/h10-11,13-14H,6-9,12H2,1-5H3,(H,20,21,23). The Morgan fingerprint density at radius 2 is 1.96 bits per heavy atom. The number of esters is 1. The lowest BCUT2D eigenvalue weighted by atomic mass is 9.93. The van der Waals surface area contributed by atoms with E-state index in [9.17, 15) is 9.59 Å². The zero-order valence-electron chi connectivity index (χ0n) is 15.5. The van der Waals surface area contributed by atoms with E-state index in [0.29, 0.717) is 18.2 Å². The third-order valence-corrected chi connectivity index (χ3v) is 3.97. The highest BCUT2D eigenvalue weighted by atomic mass is 16.5. The second kappa shape index (κ2) is 9.40.